The summed E-state index contributed by atoms with van der Waals surface area (Å²) in [7, 11) is 0. The molecule has 0 N–H and O–H groups in total. The van der Waals surface area contributed by atoms with Gasteiger partial charge in [-0.05, 0) is 37.1 Å². The molecule has 3 nitrogen and oxygen atoms in total. The molecular weight excluding hydrogens is 212 g/mol. The van der Waals surface area contributed by atoms with Crippen molar-refractivity contribution >= 4 is 5.91 Å². The van der Waals surface area contributed by atoms with E-state index in [2.05, 4.69) is 18.7 Å². The van der Waals surface area contributed by atoms with Crippen LogP contribution in [-0.2, 0) is 4.79 Å². The zero-order chi connectivity index (χ0) is 12.5. The third kappa shape index (κ3) is 3.01. The summed E-state index contributed by atoms with van der Waals surface area (Å²) in [5.41, 5.74) is 0.558. The molecule has 2 aliphatic rings. The quantitative estimate of drug-likeness (QED) is 0.750. The van der Waals surface area contributed by atoms with Gasteiger partial charge in [-0.25, -0.2) is 0 Å². The van der Waals surface area contributed by atoms with Gasteiger partial charge in [0.15, 0.2) is 0 Å². The number of amides is 1. The molecule has 2 fully saturated rings. The smallest absolute Gasteiger partial charge is 0.219 e. The Bertz CT molecular complexity index is 272. The normalized spacial score (nSPS) is 24.1. The van der Waals surface area contributed by atoms with Gasteiger partial charge >= 0.3 is 0 Å². The first-order chi connectivity index (χ1) is 8.01. The highest BCUT2D eigenvalue weighted by molar-refractivity contribution is 5.73. The summed E-state index contributed by atoms with van der Waals surface area (Å²) >= 11 is 0. The van der Waals surface area contributed by atoms with Gasteiger partial charge in [0, 0.05) is 33.1 Å². The fourth-order valence-electron chi connectivity index (χ4n) is 3.11. The van der Waals surface area contributed by atoms with E-state index in [0.717, 1.165) is 19.0 Å². The number of rotatable bonds is 3. The van der Waals surface area contributed by atoms with Crippen LogP contribution in [0, 0.1) is 11.3 Å². The van der Waals surface area contributed by atoms with Crippen molar-refractivity contribution in [3.05, 3.63) is 0 Å². The van der Waals surface area contributed by atoms with E-state index in [4.69, 9.17) is 0 Å². The Morgan fingerprint density at radius 3 is 2.29 bits per heavy atom. The standard InChI is InChI=1S/C14H26N2O/c1-12(2)4-7-15-10-14(11-15)5-8-16(9-6-14)13(3)17/h12H,4-11H2,1-3H3. The van der Waals surface area contributed by atoms with Crippen molar-refractivity contribution in [2.24, 2.45) is 11.3 Å². The van der Waals surface area contributed by atoms with Crippen molar-refractivity contribution < 1.29 is 4.79 Å². The van der Waals surface area contributed by atoms with Crippen LogP contribution in [0.3, 0.4) is 0 Å². The highest BCUT2D eigenvalue weighted by atomic mass is 16.2. The molecule has 0 aromatic rings. The summed E-state index contributed by atoms with van der Waals surface area (Å²) in [6.07, 6.45) is 3.74. The number of likely N-dealkylation sites (tertiary alicyclic amines) is 2. The molecule has 3 heteroatoms. The second-order valence-corrected chi connectivity index (χ2v) is 6.40. The first kappa shape index (κ1) is 12.9. The molecule has 2 heterocycles. The lowest BCUT2D eigenvalue weighted by Gasteiger charge is -2.54. The van der Waals surface area contributed by atoms with Crippen LogP contribution in [0.4, 0.5) is 0 Å². The molecule has 17 heavy (non-hydrogen) atoms. The van der Waals surface area contributed by atoms with Crippen LogP contribution < -0.4 is 0 Å². The largest absolute Gasteiger partial charge is 0.343 e. The summed E-state index contributed by atoms with van der Waals surface area (Å²) in [6.45, 7) is 12.0. The zero-order valence-electron chi connectivity index (χ0n) is 11.5. The first-order valence-corrected chi connectivity index (χ1v) is 6.99. The second-order valence-electron chi connectivity index (χ2n) is 6.40. The predicted octanol–water partition coefficient (Wildman–Crippen LogP) is 1.98. The van der Waals surface area contributed by atoms with Crippen molar-refractivity contribution in [2.75, 3.05) is 32.7 Å². The number of hydrogen-bond donors (Lipinski definition) is 0. The van der Waals surface area contributed by atoms with Crippen LogP contribution in [0.25, 0.3) is 0 Å². The summed E-state index contributed by atoms with van der Waals surface area (Å²) in [5.74, 6) is 1.06. The molecule has 0 unspecified atom stereocenters. The number of nitrogens with zero attached hydrogens (tertiary/aromatic N) is 2. The molecule has 0 radical (unpaired) electrons. The Morgan fingerprint density at radius 2 is 1.82 bits per heavy atom. The molecule has 2 rings (SSSR count). The molecule has 0 aromatic carbocycles. The molecule has 0 atom stereocenters. The zero-order valence-corrected chi connectivity index (χ0v) is 11.5. The van der Waals surface area contributed by atoms with Crippen molar-refractivity contribution in [2.45, 2.75) is 40.0 Å². The van der Waals surface area contributed by atoms with E-state index >= 15 is 0 Å². The third-order valence-electron chi connectivity index (χ3n) is 4.41. The Morgan fingerprint density at radius 1 is 1.24 bits per heavy atom. The van der Waals surface area contributed by atoms with Crippen LogP contribution in [-0.4, -0.2) is 48.4 Å². The molecule has 0 aromatic heterocycles. The van der Waals surface area contributed by atoms with Crippen LogP contribution in [0.5, 0.6) is 0 Å². The molecule has 0 aliphatic carbocycles. The third-order valence-corrected chi connectivity index (χ3v) is 4.41. The van der Waals surface area contributed by atoms with Crippen LogP contribution in [0.2, 0.25) is 0 Å². The Kier molecular flexibility index (Phi) is 3.76. The number of carbonyl (C=O) groups is 1. The summed E-state index contributed by atoms with van der Waals surface area (Å²) in [5, 5.41) is 0. The minimum atomic E-state index is 0.246. The maximum atomic E-state index is 11.3. The molecule has 2 saturated heterocycles. The van der Waals surface area contributed by atoms with Crippen molar-refractivity contribution in [1.82, 2.24) is 9.80 Å². The van der Waals surface area contributed by atoms with E-state index in [0.29, 0.717) is 5.41 Å². The van der Waals surface area contributed by atoms with Crippen molar-refractivity contribution in [1.29, 1.82) is 0 Å². The van der Waals surface area contributed by atoms with E-state index < -0.39 is 0 Å². The summed E-state index contributed by atoms with van der Waals surface area (Å²) in [4.78, 5) is 15.9. The van der Waals surface area contributed by atoms with E-state index in [1.807, 2.05) is 4.90 Å². The molecule has 0 bridgehead atoms. The molecule has 98 valence electrons. The lowest BCUT2D eigenvalue weighted by atomic mass is 9.72. The maximum Gasteiger partial charge on any atom is 0.219 e. The monoisotopic (exact) mass is 238 g/mol. The van der Waals surface area contributed by atoms with Gasteiger partial charge in [-0.15, -0.1) is 0 Å². The van der Waals surface area contributed by atoms with E-state index in [-0.39, 0.29) is 5.91 Å². The van der Waals surface area contributed by atoms with Gasteiger partial charge in [0.2, 0.25) is 5.91 Å². The van der Waals surface area contributed by atoms with E-state index in [1.165, 1.54) is 38.9 Å². The van der Waals surface area contributed by atoms with E-state index in [1.54, 1.807) is 6.92 Å². The molecule has 1 spiro atoms. The topological polar surface area (TPSA) is 23.6 Å². The van der Waals surface area contributed by atoms with Crippen LogP contribution in [0.1, 0.15) is 40.0 Å². The average molecular weight is 238 g/mol. The second kappa shape index (κ2) is 4.97. The fourth-order valence-corrected chi connectivity index (χ4v) is 3.11. The summed E-state index contributed by atoms with van der Waals surface area (Å²) < 4.78 is 0. The minimum absolute atomic E-state index is 0.246. The predicted molar refractivity (Wildman–Crippen MR) is 69.8 cm³/mol. The molecule has 1 amide bonds. The van der Waals surface area contributed by atoms with Gasteiger partial charge in [0.25, 0.3) is 0 Å². The Labute approximate surface area is 105 Å². The van der Waals surface area contributed by atoms with Crippen molar-refractivity contribution in [3.8, 4) is 0 Å². The Hall–Kier alpha value is -0.570. The van der Waals surface area contributed by atoms with Gasteiger partial charge in [0.05, 0.1) is 0 Å². The minimum Gasteiger partial charge on any atom is -0.343 e. The van der Waals surface area contributed by atoms with Gasteiger partial charge in [-0.2, -0.15) is 0 Å². The highest BCUT2D eigenvalue weighted by Gasteiger charge is 2.44. The molecule has 0 saturated carbocycles. The van der Waals surface area contributed by atoms with Crippen molar-refractivity contribution in [3.63, 3.8) is 0 Å². The van der Waals surface area contributed by atoms with Crippen LogP contribution >= 0.6 is 0 Å². The lowest BCUT2D eigenvalue weighted by Crippen LogP contribution is -2.60. The van der Waals surface area contributed by atoms with Gasteiger partial charge in [0.1, 0.15) is 0 Å². The van der Waals surface area contributed by atoms with E-state index in [9.17, 15) is 4.79 Å². The fraction of sp³-hybridized carbons (Fsp3) is 0.929. The molecular formula is C14H26N2O. The summed E-state index contributed by atoms with van der Waals surface area (Å²) in [6, 6.07) is 0. The maximum absolute atomic E-state index is 11.3. The van der Waals surface area contributed by atoms with Gasteiger partial charge in [-0.3, -0.25) is 4.79 Å². The number of carbonyl (C=O) groups excluding carboxylic acids is 1. The van der Waals surface area contributed by atoms with Gasteiger partial charge < -0.3 is 9.80 Å². The lowest BCUT2D eigenvalue weighted by molar-refractivity contribution is -0.133. The number of piperidine rings is 1. The average Bonchev–Trinajstić information content (AvgIpc) is 2.23. The first-order valence-electron chi connectivity index (χ1n) is 6.99. The molecule has 2 aliphatic heterocycles. The highest BCUT2D eigenvalue weighted by Crippen LogP contribution is 2.40. The SMILES string of the molecule is CC(=O)N1CCC2(CC1)CN(CCC(C)C)C2. The number of hydrogen-bond acceptors (Lipinski definition) is 2. The van der Waals surface area contributed by atoms with Gasteiger partial charge in [-0.1, -0.05) is 13.8 Å². The Balaban J connectivity index is 1.70. The van der Waals surface area contributed by atoms with Crippen LogP contribution in [0.15, 0.2) is 0 Å².